The van der Waals surface area contributed by atoms with Gasteiger partial charge in [0.05, 0.1) is 0 Å². The highest BCUT2D eigenvalue weighted by Gasteiger charge is 2.34. The van der Waals surface area contributed by atoms with Gasteiger partial charge in [-0.05, 0) is 43.9 Å². The molecule has 0 unspecified atom stereocenters. The van der Waals surface area contributed by atoms with Gasteiger partial charge in [-0.25, -0.2) is 9.18 Å². The molecular formula is C21H27FN4O3S. The molecule has 1 aromatic rings. The van der Waals surface area contributed by atoms with E-state index in [0.29, 0.717) is 43.2 Å². The van der Waals surface area contributed by atoms with Gasteiger partial charge in [-0.2, -0.15) is 8.42 Å². The molecule has 0 bridgehead atoms. The Morgan fingerprint density at radius 1 is 1.07 bits per heavy atom. The monoisotopic (exact) mass is 434 g/mol. The molecule has 0 atom stereocenters. The minimum Gasteiger partial charge on any atom is -0.354 e. The van der Waals surface area contributed by atoms with E-state index in [9.17, 15) is 17.6 Å². The number of urea groups is 1. The maximum atomic E-state index is 13.3. The summed E-state index contributed by atoms with van der Waals surface area (Å²) in [6.07, 6.45) is 5.13. The topological polar surface area (TPSA) is 82.1 Å². The lowest BCUT2D eigenvalue weighted by molar-refractivity contribution is 0.196. The summed E-state index contributed by atoms with van der Waals surface area (Å²) >= 11 is 0. The molecule has 2 aliphatic heterocycles. The number of carbonyl (C=O) groups is 1. The molecule has 2 amide bonds. The van der Waals surface area contributed by atoms with Gasteiger partial charge in [0, 0.05) is 37.8 Å². The molecule has 7 nitrogen and oxygen atoms in total. The summed E-state index contributed by atoms with van der Waals surface area (Å²) in [5.74, 6) is 0.00408. The Morgan fingerprint density at radius 3 is 2.47 bits per heavy atom. The molecule has 2 fully saturated rings. The first-order chi connectivity index (χ1) is 14.3. The molecule has 1 saturated carbocycles. The van der Waals surface area contributed by atoms with Crippen LogP contribution in [0.3, 0.4) is 0 Å². The first kappa shape index (κ1) is 20.8. The molecule has 0 aromatic heterocycles. The largest absolute Gasteiger partial charge is 0.354 e. The molecule has 1 aromatic carbocycles. The number of amides is 2. The van der Waals surface area contributed by atoms with Crippen LogP contribution < -0.4 is 5.32 Å². The van der Waals surface area contributed by atoms with Crippen molar-refractivity contribution < 1.29 is 17.6 Å². The number of nitrogens with one attached hydrogen (secondary N) is 1. The fourth-order valence-electron chi connectivity index (χ4n) is 4.45. The minimum atomic E-state index is -3.85. The van der Waals surface area contributed by atoms with Crippen molar-refractivity contribution in [1.29, 1.82) is 0 Å². The van der Waals surface area contributed by atoms with Gasteiger partial charge in [-0.15, -0.1) is 4.40 Å². The molecule has 9 heteroatoms. The van der Waals surface area contributed by atoms with Crippen molar-refractivity contribution in [3.8, 4) is 0 Å². The molecule has 3 aliphatic rings. The van der Waals surface area contributed by atoms with Crippen molar-refractivity contribution in [3.05, 3.63) is 41.2 Å². The number of benzene rings is 1. The number of amidine groups is 1. The Balaban J connectivity index is 1.48. The summed E-state index contributed by atoms with van der Waals surface area (Å²) in [5.41, 5.74) is 0.991. The highest BCUT2D eigenvalue weighted by molar-refractivity contribution is 8.00. The van der Waals surface area contributed by atoms with Crippen molar-refractivity contribution in [1.82, 2.24) is 15.1 Å². The Morgan fingerprint density at radius 2 is 1.77 bits per heavy atom. The summed E-state index contributed by atoms with van der Waals surface area (Å²) in [7, 11) is -3.85. The van der Waals surface area contributed by atoms with Crippen LogP contribution in [0.5, 0.6) is 0 Å². The van der Waals surface area contributed by atoms with Crippen LogP contribution in [-0.2, 0) is 10.0 Å². The smallest absolute Gasteiger partial charge is 0.317 e. The van der Waals surface area contributed by atoms with Crippen LogP contribution in [0.2, 0.25) is 0 Å². The predicted molar refractivity (Wildman–Crippen MR) is 114 cm³/mol. The van der Waals surface area contributed by atoms with Gasteiger partial charge in [-0.1, -0.05) is 25.0 Å². The van der Waals surface area contributed by atoms with E-state index in [2.05, 4.69) is 9.71 Å². The Kier molecular flexibility index (Phi) is 5.81. The maximum Gasteiger partial charge on any atom is 0.317 e. The van der Waals surface area contributed by atoms with Gasteiger partial charge >= 0.3 is 6.03 Å². The molecule has 162 valence electrons. The fraction of sp³-hybridized carbons (Fsp3) is 0.524. The minimum absolute atomic E-state index is 0.0380. The standard InChI is InChI=1S/C21H27FN4O3S/c1-15-19(16-7-9-17(22)10-8-16)30(28,29)24-20(15)25-11-4-12-26(14-13-25)21(27)23-18-5-2-3-6-18/h7-10,18H,2-6,11-14H2,1H3,(H,23,27). The second-order valence-electron chi connectivity index (χ2n) is 8.11. The van der Waals surface area contributed by atoms with Crippen molar-refractivity contribution in [2.75, 3.05) is 26.2 Å². The Labute approximate surface area is 176 Å². The number of carbonyl (C=O) groups excluding carboxylic acids is 1. The number of sulfonamides is 1. The molecule has 2 heterocycles. The molecular weight excluding hydrogens is 407 g/mol. The molecule has 1 saturated heterocycles. The van der Waals surface area contributed by atoms with E-state index in [1.54, 1.807) is 6.92 Å². The summed E-state index contributed by atoms with van der Waals surface area (Å²) in [4.78, 5) is 16.5. The second kappa shape index (κ2) is 8.37. The SMILES string of the molecule is CC1=C(c2ccc(F)cc2)S(=O)(=O)N=C1N1CCCN(C(=O)NC2CCCC2)CC1. The van der Waals surface area contributed by atoms with Crippen LogP contribution >= 0.6 is 0 Å². The van der Waals surface area contributed by atoms with Crippen molar-refractivity contribution in [2.45, 2.75) is 45.1 Å². The van der Waals surface area contributed by atoms with Gasteiger partial charge in [0.15, 0.2) is 0 Å². The van der Waals surface area contributed by atoms with Crippen LogP contribution in [0.1, 0.15) is 44.6 Å². The zero-order valence-electron chi connectivity index (χ0n) is 17.1. The van der Waals surface area contributed by atoms with E-state index in [1.165, 1.54) is 24.3 Å². The fourth-order valence-corrected chi connectivity index (χ4v) is 5.94. The Hall–Kier alpha value is -2.42. The third-order valence-corrected chi connectivity index (χ3v) is 7.48. The highest BCUT2D eigenvalue weighted by Crippen LogP contribution is 2.34. The summed E-state index contributed by atoms with van der Waals surface area (Å²) < 4.78 is 42.7. The molecule has 1 aliphatic carbocycles. The van der Waals surface area contributed by atoms with E-state index in [-0.39, 0.29) is 17.0 Å². The zero-order valence-corrected chi connectivity index (χ0v) is 17.9. The number of hydrogen-bond acceptors (Lipinski definition) is 4. The number of rotatable bonds is 2. The van der Waals surface area contributed by atoms with Gasteiger partial charge in [0.2, 0.25) is 0 Å². The third-order valence-electron chi connectivity index (χ3n) is 6.01. The van der Waals surface area contributed by atoms with Crippen LogP contribution in [-0.4, -0.2) is 62.3 Å². The van der Waals surface area contributed by atoms with E-state index < -0.39 is 15.8 Å². The summed E-state index contributed by atoms with van der Waals surface area (Å²) in [6, 6.07) is 5.64. The summed E-state index contributed by atoms with van der Waals surface area (Å²) in [5, 5.41) is 3.12. The average Bonchev–Trinajstić information content (AvgIpc) is 3.19. The van der Waals surface area contributed by atoms with Gasteiger partial charge < -0.3 is 15.1 Å². The number of hydrogen-bond donors (Lipinski definition) is 1. The van der Waals surface area contributed by atoms with E-state index >= 15 is 0 Å². The van der Waals surface area contributed by atoms with Gasteiger partial charge in [0.25, 0.3) is 10.0 Å². The summed E-state index contributed by atoms with van der Waals surface area (Å²) in [6.45, 7) is 4.01. The average molecular weight is 435 g/mol. The van der Waals surface area contributed by atoms with Crippen LogP contribution in [0.25, 0.3) is 4.91 Å². The Bertz CT molecular complexity index is 982. The third kappa shape index (κ3) is 4.21. The molecule has 4 rings (SSSR count). The number of nitrogens with zero attached hydrogens (tertiary/aromatic N) is 3. The van der Waals surface area contributed by atoms with Crippen molar-refractivity contribution in [2.24, 2.45) is 4.40 Å². The lowest BCUT2D eigenvalue weighted by atomic mass is 10.1. The molecule has 30 heavy (non-hydrogen) atoms. The maximum absolute atomic E-state index is 13.3. The molecule has 0 spiro atoms. The lowest BCUT2D eigenvalue weighted by Gasteiger charge is -2.25. The quantitative estimate of drug-likeness (QED) is 0.776. The normalized spacial score (nSPS) is 22.3. The van der Waals surface area contributed by atoms with E-state index in [1.807, 2.05) is 9.80 Å². The molecule has 1 N–H and O–H groups in total. The first-order valence-corrected chi connectivity index (χ1v) is 11.9. The predicted octanol–water partition coefficient (Wildman–Crippen LogP) is 2.96. The van der Waals surface area contributed by atoms with Crippen molar-refractivity contribution >= 4 is 26.8 Å². The number of halogens is 1. The van der Waals surface area contributed by atoms with E-state index in [0.717, 1.165) is 32.1 Å². The van der Waals surface area contributed by atoms with Crippen LogP contribution in [0.4, 0.5) is 9.18 Å². The zero-order chi connectivity index (χ0) is 21.3. The first-order valence-electron chi connectivity index (χ1n) is 10.5. The lowest BCUT2D eigenvalue weighted by Crippen LogP contribution is -2.45. The van der Waals surface area contributed by atoms with Crippen LogP contribution in [0, 0.1) is 5.82 Å². The van der Waals surface area contributed by atoms with Gasteiger partial charge in [-0.3, -0.25) is 0 Å². The van der Waals surface area contributed by atoms with Gasteiger partial charge in [0.1, 0.15) is 16.6 Å². The second-order valence-corrected chi connectivity index (χ2v) is 9.65. The van der Waals surface area contributed by atoms with Crippen molar-refractivity contribution in [3.63, 3.8) is 0 Å². The highest BCUT2D eigenvalue weighted by atomic mass is 32.2. The van der Waals surface area contributed by atoms with Crippen LogP contribution in [0.15, 0.2) is 34.2 Å². The molecule has 0 radical (unpaired) electrons. The van der Waals surface area contributed by atoms with E-state index in [4.69, 9.17) is 0 Å².